The van der Waals surface area contributed by atoms with Crippen LogP contribution in [-0.4, -0.2) is 23.0 Å². The lowest BCUT2D eigenvalue weighted by Crippen LogP contribution is -2.38. The fraction of sp³-hybridized carbons (Fsp3) is 0.571. The van der Waals surface area contributed by atoms with Crippen molar-refractivity contribution in [3.63, 3.8) is 0 Å². The quantitative estimate of drug-likeness (QED) is 0.353. The van der Waals surface area contributed by atoms with Crippen LogP contribution < -0.4 is 0 Å². The minimum absolute atomic E-state index is 0.0841. The second kappa shape index (κ2) is 5.85. The number of rotatable bonds is 5. The van der Waals surface area contributed by atoms with E-state index in [1.807, 2.05) is 19.9 Å². The smallest absolute Gasteiger partial charge is 0.338 e. The number of hydrogen-bond donors (Lipinski definition) is 1. The number of ether oxygens (including phenoxy) is 1. The molecule has 1 heterocycles. The van der Waals surface area contributed by atoms with Gasteiger partial charge in [0, 0.05) is 12.8 Å². The van der Waals surface area contributed by atoms with Crippen molar-refractivity contribution < 1.29 is 19.4 Å². The summed E-state index contributed by atoms with van der Waals surface area (Å²) in [4.78, 5) is 22.1. The van der Waals surface area contributed by atoms with Gasteiger partial charge in [-0.2, -0.15) is 0 Å². The maximum Gasteiger partial charge on any atom is 0.338 e. The standard InChI is InChI=1S/C14H20O4/c1-4-10(2)14(3)9-12(16)11(13(17)18-14)7-5-6-8-15/h4,8,16H,5-7,9H2,1-3H3. The van der Waals surface area contributed by atoms with Gasteiger partial charge in [0.25, 0.3) is 0 Å². The zero-order chi connectivity index (χ0) is 13.8. The van der Waals surface area contributed by atoms with Gasteiger partial charge in [-0.15, -0.1) is 0 Å². The number of carbonyl (C=O) groups is 2. The molecule has 1 aliphatic rings. The summed E-state index contributed by atoms with van der Waals surface area (Å²) >= 11 is 0. The van der Waals surface area contributed by atoms with Gasteiger partial charge in [-0.3, -0.25) is 0 Å². The van der Waals surface area contributed by atoms with Gasteiger partial charge < -0.3 is 14.6 Å². The van der Waals surface area contributed by atoms with Gasteiger partial charge in [0.2, 0.25) is 0 Å². The number of hydrogen-bond acceptors (Lipinski definition) is 4. The van der Waals surface area contributed by atoms with E-state index in [4.69, 9.17) is 4.74 Å². The molecule has 0 aromatic carbocycles. The average molecular weight is 252 g/mol. The molecular weight excluding hydrogens is 232 g/mol. The van der Waals surface area contributed by atoms with Crippen LogP contribution in [0.25, 0.3) is 0 Å². The normalized spacial score (nSPS) is 25.1. The molecule has 18 heavy (non-hydrogen) atoms. The maximum absolute atomic E-state index is 11.9. The van der Waals surface area contributed by atoms with Crippen LogP contribution in [-0.2, 0) is 14.3 Å². The number of unbranched alkanes of at least 4 members (excludes halogenated alkanes) is 1. The molecule has 1 unspecified atom stereocenters. The Morgan fingerprint density at radius 2 is 2.22 bits per heavy atom. The van der Waals surface area contributed by atoms with Gasteiger partial charge in [-0.1, -0.05) is 6.08 Å². The lowest BCUT2D eigenvalue weighted by atomic mass is 9.87. The van der Waals surface area contributed by atoms with E-state index in [2.05, 4.69) is 0 Å². The lowest BCUT2D eigenvalue weighted by molar-refractivity contribution is -0.153. The van der Waals surface area contributed by atoms with Gasteiger partial charge in [-0.05, 0) is 39.2 Å². The van der Waals surface area contributed by atoms with Gasteiger partial charge in [0.1, 0.15) is 17.6 Å². The van der Waals surface area contributed by atoms with Crippen LogP contribution in [0.3, 0.4) is 0 Å². The monoisotopic (exact) mass is 252 g/mol. The summed E-state index contributed by atoms with van der Waals surface area (Å²) in [6.07, 6.45) is 4.30. The van der Waals surface area contributed by atoms with Crippen LogP contribution >= 0.6 is 0 Å². The first kappa shape index (κ1) is 14.5. The molecule has 0 aromatic heterocycles. The van der Waals surface area contributed by atoms with Crippen molar-refractivity contribution in [1.29, 1.82) is 0 Å². The summed E-state index contributed by atoms with van der Waals surface area (Å²) < 4.78 is 5.43. The van der Waals surface area contributed by atoms with Crippen LogP contribution in [0.1, 0.15) is 46.5 Å². The molecule has 4 nitrogen and oxygen atoms in total. The molecule has 0 radical (unpaired) electrons. The Labute approximate surface area is 107 Å². The number of cyclic esters (lactones) is 1. The van der Waals surface area contributed by atoms with Crippen molar-refractivity contribution in [2.75, 3.05) is 0 Å². The zero-order valence-electron chi connectivity index (χ0n) is 11.2. The lowest BCUT2D eigenvalue weighted by Gasteiger charge is -2.34. The molecule has 0 aromatic rings. The third-order valence-corrected chi connectivity index (χ3v) is 3.43. The third kappa shape index (κ3) is 3.00. The Morgan fingerprint density at radius 3 is 2.72 bits per heavy atom. The van der Waals surface area contributed by atoms with Crippen LogP contribution in [0.15, 0.2) is 23.0 Å². The Bertz CT molecular complexity index is 406. The molecule has 100 valence electrons. The first-order valence-electron chi connectivity index (χ1n) is 6.16. The molecule has 0 bridgehead atoms. The van der Waals surface area contributed by atoms with Crippen LogP contribution in [0.4, 0.5) is 0 Å². The maximum atomic E-state index is 11.9. The molecule has 0 amide bonds. The highest BCUT2D eigenvalue weighted by atomic mass is 16.6. The number of aldehydes is 1. The highest BCUT2D eigenvalue weighted by molar-refractivity contribution is 5.90. The topological polar surface area (TPSA) is 63.6 Å². The van der Waals surface area contributed by atoms with Crippen LogP contribution in [0, 0.1) is 0 Å². The molecule has 0 fully saturated rings. The molecule has 0 aliphatic carbocycles. The van der Waals surface area contributed by atoms with E-state index in [1.54, 1.807) is 6.92 Å². The van der Waals surface area contributed by atoms with E-state index < -0.39 is 11.6 Å². The number of esters is 1. The fourth-order valence-electron chi connectivity index (χ4n) is 1.98. The van der Waals surface area contributed by atoms with Crippen LogP contribution in [0.5, 0.6) is 0 Å². The molecule has 1 atom stereocenters. The van der Waals surface area contributed by atoms with E-state index >= 15 is 0 Å². The minimum Gasteiger partial charge on any atom is -0.512 e. The molecule has 0 saturated carbocycles. The zero-order valence-corrected chi connectivity index (χ0v) is 11.2. The molecule has 1 aliphatic heterocycles. The second-order valence-corrected chi connectivity index (χ2v) is 4.75. The first-order valence-corrected chi connectivity index (χ1v) is 6.16. The Kier molecular flexibility index (Phi) is 4.70. The molecule has 0 spiro atoms. The number of allylic oxidation sites excluding steroid dienone is 1. The number of aliphatic hydroxyl groups is 1. The van der Waals surface area contributed by atoms with Crippen molar-refractivity contribution >= 4 is 12.3 Å². The van der Waals surface area contributed by atoms with E-state index in [0.29, 0.717) is 31.3 Å². The molecule has 4 heteroatoms. The summed E-state index contributed by atoms with van der Waals surface area (Å²) in [5.74, 6) is -0.394. The Balaban J connectivity index is 2.87. The number of carbonyl (C=O) groups excluding carboxylic acids is 2. The Morgan fingerprint density at radius 1 is 1.56 bits per heavy atom. The summed E-state index contributed by atoms with van der Waals surface area (Å²) in [6.45, 7) is 5.53. The average Bonchev–Trinajstić information content (AvgIpc) is 2.31. The van der Waals surface area contributed by atoms with Crippen LogP contribution in [0.2, 0.25) is 0 Å². The fourth-order valence-corrected chi connectivity index (χ4v) is 1.98. The predicted molar refractivity (Wildman–Crippen MR) is 68.1 cm³/mol. The van der Waals surface area contributed by atoms with E-state index in [1.165, 1.54) is 0 Å². The first-order chi connectivity index (χ1) is 8.44. The summed E-state index contributed by atoms with van der Waals surface area (Å²) in [5.41, 5.74) is 0.455. The van der Waals surface area contributed by atoms with Crippen molar-refractivity contribution in [2.24, 2.45) is 0 Å². The second-order valence-electron chi connectivity index (χ2n) is 4.75. The van der Waals surface area contributed by atoms with Gasteiger partial charge in [-0.25, -0.2) is 4.79 Å². The van der Waals surface area contributed by atoms with Crippen molar-refractivity contribution in [3.8, 4) is 0 Å². The molecular formula is C14H20O4. The van der Waals surface area contributed by atoms with Gasteiger partial charge in [0.05, 0.1) is 5.57 Å². The predicted octanol–water partition coefficient (Wildman–Crippen LogP) is 2.84. The Hall–Kier alpha value is -1.58. The summed E-state index contributed by atoms with van der Waals surface area (Å²) in [6, 6.07) is 0. The van der Waals surface area contributed by atoms with Crippen molar-refractivity contribution in [2.45, 2.75) is 52.1 Å². The molecule has 1 N–H and O–H groups in total. The number of aliphatic hydroxyl groups excluding tert-OH is 1. The third-order valence-electron chi connectivity index (χ3n) is 3.43. The minimum atomic E-state index is -0.760. The van der Waals surface area contributed by atoms with Crippen molar-refractivity contribution in [3.05, 3.63) is 23.0 Å². The molecule has 1 rings (SSSR count). The van der Waals surface area contributed by atoms with E-state index in [9.17, 15) is 14.7 Å². The highest BCUT2D eigenvalue weighted by Crippen LogP contribution is 2.35. The van der Waals surface area contributed by atoms with E-state index in [0.717, 1.165) is 11.9 Å². The summed E-state index contributed by atoms with van der Waals surface area (Å²) in [7, 11) is 0. The largest absolute Gasteiger partial charge is 0.512 e. The summed E-state index contributed by atoms with van der Waals surface area (Å²) in [5, 5.41) is 9.98. The highest BCUT2D eigenvalue weighted by Gasteiger charge is 2.38. The van der Waals surface area contributed by atoms with Crippen molar-refractivity contribution in [1.82, 2.24) is 0 Å². The SMILES string of the molecule is CC=C(C)C1(C)CC(O)=C(CCCC=O)C(=O)O1. The van der Waals surface area contributed by atoms with Gasteiger partial charge in [0.15, 0.2) is 0 Å². The van der Waals surface area contributed by atoms with Gasteiger partial charge >= 0.3 is 5.97 Å². The molecule has 0 saturated heterocycles. The van der Waals surface area contributed by atoms with E-state index in [-0.39, 0.29) is 5.76 Å².